The van der Waals surface area contributed by atoms with E-state index in [4.69, 9.17) is 0 Å². The predicted molar refractivity (Wildman–Crippen MR) is 87.0 cm³/mol. The van der Waals surface area contributed by atoms with Crippen molar-refractivity contribution in [1.29, 1.82) is 0 Å². The van der Waals surface area contributed by atoms with Gasteiger partial charge in [0.15, 0.2) is 0 Å². The standard InChI is InChI=1S/C16H24N4O2/c1-11-4-5-14(12(2)8-11)18-16(22)19-15(21)10-20-7-6-17-9-13(20)3/h4-5,8,13,17H,6-7,9-10H2,1-3H3,(H2,18,19,21,22)/t13-/m1/s1. The summed E-state index contributed by atoms with van der Waals surface area (Å²) in [4.78, 5) is 25.9. The third kappa shape index (κ3) is 4.54. The highest BCUT2D eigenvalue weighted by atomic mass is 16.2. The van der Waals surface area contributed by atoms with Gasteiger partial charge in [-0.05, 0) is 32.4 Å². The average Bonchev–Trinajstić information content (AvgIpc) is 2.44. The fourth-order valence-electron chi connectivity index (χ4n) is 2.58. The molecule has 0 saturated carbocycles. The van der Waals surface area contributed by atoms with Crippen LogP contribution in [0.5, 0.6) is 0 Å². The van der Waals surface area contributed by atoms with Crippen LogP contribution in [-0.2, 0) is 4.79 Å². The molecule has 1 aromatic rings. The predicted octanol–water partition coefficient (Wildman–Crippen LogP) is 1.25. The molecule has 1 fully saturated rings. The Morgan fingerprint density at radius 2 is 2.14 bits per heavy atom. The first-order chi connectivity index (χ1) is 10.5. The molecule has 0 radical (unpaired) electrons. The number of hydrogen-bond donors (Lipinski definition) is 3. The van der Waals surface area contributed by atoms with Gasteiger partial charge in [-0.3, -0.25) is 15.0 Å². The van der Waals surface area contributed by atoms with Crippen LogP contribution in [0.4, 0.5) is 10.5 Å². The Balaban J connectivity index is 1.84. The maximum Gasteiger partial charge on any atom is 0.325 e. The van der Waals surface area contributed by atoms with Gasteiger partial charge in [0.25, 0.3) is 0 Å². The van der Waals surface area contributed by atoms with Crippen molar-refractivity contribution in [3.63, 3.8) is 0 Å². The Bertz CT molecular complexity index is 559. The minimum Gasteiger partial charge on any atom is -0.314 e. The second kappa shape index (κ2) is 7.38. The van der Waals surface area contributed by atoms with Gasteiger partial charge in [-0.1, -0.05) is 17.7 Å². The lowest BCUT2D eigenvalue weighted by Gasteiger charge is -2.33. The monoisotopic (exact) mass is 304 g/mol. The van der Waals surface area contributed by atoms with E-state index in [1.54, 1.807) is 0 Å². The number of carbonyl (C=O) groups excluding carboxylic acids is 2. The molecule has 0 spiro atoms. The summed E-state index contributed by atoms with van der Waals surface area (Å²) in [5.74, 6) is -0.281. The molecule has 3 N–H and O–H groups in total. The minimum atomic E-state index is -0.486. The first kappa shape index (κ1) is 16.5. The zero-order valence-corrected chi connectivity index (χ0v) is 13.4. The highest BCUT2D eigenvalue weighted by molar-refractivity contribution is 6.02. The summed E-state index contributed by atoms with van der Waals surface area (Å²) < 4.78 is 0. The Labute approximate surface area is 131 Å². The van der Waals surface area contributed by atoms with Crippen LogP contribution in [0.25, 0.3) is 0 Å². The quantitative estimate of drug-likeness (QED) is 0.786. The number of piperazine rings is 1. The van der Waals surface area contributed by atoms with Gasteiger partial charge >= 0.3 is 6.03 Å². The second-order valence-corrected chi connectivity index (χ2v) is 5.84. The molecule has 2 rings (SSSR count). The fraction of sp³-hybridized carbons (Fsp3) is 0.500. The van der Waals surface area contributed by atoms with E-state index in [2.05, 4.69) is 27.8 Å². The molecule has 3 amide bonds. The summed E-state index contributed by atoms with van der Waals surface area (Å²) in [6, 6.07) is 5.56. The molecule has 1 saturated heterocycles. The topological polar surface area (TPSA) is 73.5 Å². The zero-order chi connectivity index (χ0) is 16.1. The zero-order valence-electron chi connectivity index (χ0n) is 13.4. The molecule has 120 valence electrons. The number of urea groups is 1. The van der Waals surface area contributed by atoms with Crippen molar-refractivity contribution in [1.82, 2.24) is 15.5 Å². The summed E-state index contributed by atoms with van der Waals surface area (Å²) in [7, 11) is 0. The Hall–Kier alpha value is -1.92. The number of hydrogen-bond acceptors (Lipinski definition) is 4. The second-order valence-electron chi connectivity index (χ2n) is 5.84. The van der Waals surface area contributed by atoms with Crippen LogP contribution < -0.4 is 16.0 Å². The molecule has 22 heavy (non-hydrogen) atoms. The third-order valence-electron chi connectivity index (χ3n) is 3.87. The van der Waals surface area contributed by atoms with Crippen molar-refractivity contribution in [2.75, 3.05) is 31.5 Å². The SMILES string of the molecule is Cc1ccc(NC(=O)NC(=O)CN2CCNC[C@H]2C)c(C)c1. The number of nitrogens with one attached hydrogen (secondary N) is 3. The van der Waals surface area contributed by atoms with E-state index in [0.717, 1.165) is 30.8 Å². The molecule has 1 aromatic carbocycles. The van der Waals surface area contributed by atoms with Crippen LogP contribution in [0.2, 0.25) is 0 Å². The van der Waals surface area contributed by atoms with Gasteiger partial charge in [0.2, 0.25) is 5.91 Å². The number of aryl methyl sites for hydroxylation is 2. The van der Waals surface area contributed by atoms with Gasteiger partial charge in [-0.2, -0.15) is 0 Å². The molecule has 0 unspecified atom stereocenters. The molecular formula is C16H24N4O2. The highest BCUT2D eigenvalue weighted by Gasteiger charge is 2.21. The number of nitrogens with zero attached hydrogens (tertiary/aromatic N) is 1. The van der Waals surface area contributed by atoms with Crippen LogP contribution in [0.1, 0.15) is 18.1 Å². The van der Waals surface area contributed by atoms with Gasteiger partial charge in [-0.15, -0.1) is 0 Å². The number of rotatable bonds is 3. The van der Waals surface area contributed by atoms with Crippen LogP contribution in [0.15, 0.2) is 18.2 Å². The molecule has 0 aliphatic carbocycles. The first-order valence-corrected chi connectivity index (χ1v) is 7.58. The lowest BCUT2D eigenvalue weighted by atomic mass is 10.1. The molecule has 6 nitrogen and oxygen atoms in total. The molecule has 6 heteroatoms. The Morgan fingerprint density at radius 1 is 1.36 bits per heavy atom. The lowest BCUT2D eigenvalue weighted by Crippen LogP contribution is -2.53. The Morgan fingerprint density at radius 3 is 2.82 bits per heavy atom. The van der Waals surface area contributed by atoms with Gasteiger partial charge in [0.05, 0.1) is 6.54 Å². The minimum absolute atomic E-state index is 0.239. The third-order valence-corrected chi connectivity index (χ3v) is 3.87. The summed E-state index contributed by atoms with van der Waals surface area (Å²) >= 11 is 0. The van der Waals surface area contributed by atoms with Gasteiger partial charge in [0, 0.05) is 31.4 Å². The summed E-state index contributed by atoms with van der Waals surface area (Å²) in [6.07, 6.45) is 0. The molecule has 1 aliphatic heterocycles. The molecule has 0 aromatic heterocycles. The van der Waals surface area contributed by atoms with E-state index in [-0.39, 0.29) is 12.5 Å². The number of amides is 3. The lowest BCUT2D eigenvalue weighted by molar-refractivity contribution is -0.121. The van der Waals surface area contributed by atoms with Crippen molar-refractivity contribution in [3.8, 4) is 0 Å². The molecule has 1 aliphatic rings. The van der Waals surface area contributed by atoms with Crippen molar-refractivity contribution in [2.45, 2.75) is 26.8 Å². The van der Waals surface area contributed by atoms with Crippen LogP contribution in [0.3, 0.4) is 0 Å². The van der Waals surface area contributed by atoms with E-state index in [1.807, 2.05) is 32.0 Å². The van der Waals surface area contributed by atoms with Crippen molar-refractivity contribution < 1.29 is 9.59 Å². The Kier molecular flexibility index (Phi) is 5.51. The summed E-state index contributed by atoms with van der Waals surface area (Å²) in [5, 5.41) is 8.37. The normalized spacial score (nSPS) is 18.8. The van der Waals surface area contributed by atoms with Crippen LogP contribution in [0, 0.1) is 13.8 Å². The summed E-state index contributed by atoms with van der Waals surface area (Å²) in [5.41, 5.74) is 2.82. The molecule has 1 atom stereocenters. The first-order valence-electron chi connectivity index (χ1n) is 7.58. The molecule has 0 bridgehead atoms. The largest absolute Gasteiger partial charge is 0.325 e. The van der Waals surface area contributed by atoms with Crippen LogP contribution in [-0.4, -0.2) is 49.1 Å². The van der Waals surface area contributed by atoms with Gasteiger partial charge < -0.3 is 10.6 Å². The maximum absolute atomic E-state index is 12.0. The van der Waals surface area contributed by atoms with E-state index in [9.17, 15) is 9.59 Å². The number of benzene rings is 1. The van der Waals surface area contributed by atoms with Crippen molar-refractivity contribution in [2.24, 2.45) is 0 Å². The fourth-order valence-corrected chi connectivity index (χ4v) is 2.58. The summed E-state index contributed by atoms with van der Waals surface area (Å²) in [6.45, 7) is 8.77. The highest BCUT2D eigenvalue weighted by Crippen LogP contribution is 2.15. The van der Waals surface area contributed by atoms with E-state index in [0.29, 0.717) is 11.7 Å². The maximum atomic E-state index is 12.0. The number of imide groups is 1. The van der Waals surface area contributed by atoms with Crippen molar-refractivity contribution >= 4 is 17.6 Å². The number of carbonyl (C=O) groups is 2. The van der Waals surface area contributed by atoms with Crippen LogP contribution >= 0.6 is 0 Å². The van der Waals surface area contributed by atoms with E-state index < -0.39 is 6.03 Å². The van der Waals surface area contributed by atoms with E-state index in [1.165, 1.54) is 0 Å². The average molecular weight is 304 g/mol. The number of anilines is 1. The molecular weight excluding hydrogens is 280 g/mol. The van der Waals surface area contributed by atoms with E-state index >= 15 is 0 Å². The van der Waals surface area contributed by atoms with Gasteiger partial charge in [0.1, 0.15) is 0 Å². The molecule has 1 heterocycles. The van der Waals surface area contributed by atoms with Gasteiger partial charge in [-0.25, -0.2) is 4.79 Å². The van der Waals surface area contributed by atoms with Crippen molar-refractivity contribution in [3.05, 3.63) is 29.3 Å². The smallest absolute Gasteiger partial charge is 0.314 e.